The lowest BCUT2D eigenvalue weighted by atomic mass is 9.90. The van der Waals surface area contributed by atoms with Crippen molar-refractivity contribution in [3.8, 4) is 0 Å². The average molecular weight is 272 g/mol. The van der Waals surface area contributed by atoms with Crippen LogP contribution in [-0.2, 0) is 9.47 Å². The van der Waals surface area contributed by atoms with Crippen LogP contribution in [-0.4, -0.2) is 64.1 Å². The summed E-state index contributed by atoms with van der Waals surface area (Å²) in [5.41, 5.74) is 0. The van der Waals surface area contributed by atoms with Crippen LogP contribution >= 0.6 is 0 Å². The van der Waals surface area contributed by atoms with Crippen LogP contribution in [0, 0.1) is 5.92 Å². The molecule has 0 bridgehead atoms. The molecule has 1 unspecified atom stereocenters. The molecule has 4 nitrogen and oxygen atoms in total. The molecule has 0 amide bonds. The zero-order valence-corrected chi connectivity index (χ0v) is 13.0. The van der Waals surface area contributed by atoms with Crippen LogP contribution in [0.25, 0.3) is 0 Å². The molecule has 1 atom stereocenters. The van der Waals surface area contributed by atoms with E-state index in [0.717, 1.165) is 19.1 Å². The maximum absolute atomic E-state index is 5.47. The molecule has 0 aromatic rings. The van der Waals surface area contributed by atoms with Crippen molar-refractivity contribution in [2.45, 2.75) is 39.2 Å². The van der Waals surface area contributed by atoms with Gasteiger partial charge in [0.25, 0.3) is 0 Å². The van der Waals surface area contributed by atoms with E-state index in [1.165, 1.54) is 38.9 Å². The number of nitrogens with one attached hydrogen (secondary N) is 1. The Morgan fingerprint density at radius 1 is 1.21 bits per heavy atom. The minimum atomic E-state index is 0.606. The predicted molar refractivity (Wildman–Crippen MR) is 79.6 cm³/mol. The SMILES string of the molecule is CCCN1CCC(C(C)NCCOCCOC)CC1. The van der Waals surface area contributed by atoms with Crippen LogP contribution < -0.4 is 5.32 Å². The molecule has 1 aliphatic heterocycles. The monoisotopic (exact) mass is 272 g/mol. The highest BCUT2D eigenvalue weighted by molar-refractivity contribution is 4.79. The summed E-state index contributed by atoms with van der Waals surface area (Å²) in [6, 6.07) is 0.606. The summed E-state index contributed by atoms with van der Waals surface area (Å²) in [4.78, 5) is 2.59. The van der Waals surface area contributed by atoms with E-state index in [1.54, 1.807) is 7.11 Å². The first-order chi connectivity index (χ1) is 9.27. The third-order valence-electron chi connectivity index (χ3n) is 4.02. The van der Waals surface area contributed by atoms with Crippen molar-refractivity contribution in [1.82, 2.24) is 10.2 Å². The van der Waals surface area contributed by atoms with Crippen molar-refractivity contribution < 1.29 is 9.47 Å². The van der Waals surface area contributed by atoms with E-state index in [4.69, 9.17) is 9.47 Å². The molecule has 0 spiro atoms. The molecule has 1 heterocycles. The molecule has 0 radical (unpaired) electrons. The molecule has 1 fully saturated rings. The standard InChI is InChI=1S/C15H32N2O2/c1-4-8-17-9-5-15(6-10-17)14(2)16-7-11-19-13-12-18-3/h14-16H,4-13H2,1-3H3. The summed E-state index contributed by atoms with van der Waals surface area (Å²) in [5.74, 6) is 0.826. The Kier molecular flexibility index (Phi) is 9.43. The van der Waals surface area contributed by atoms with Gasteiger partial charge in [0.05, 0.1) is 19.8 Å². The van der Waals surface area contributed by atoms with Crippen molar-refractivity contribution >= 4 is 0 Å². The van der Waals surface area contributed by atoms with Crippen molar-refractivity contribution in [1.29, 1.82) is 0 Å². The number of ether oxygens (including phenoxy) is 2. The van der Waals surface area contributed by atoms with Gasteiger partial charge in [-0.3, -0.25) is 0 Å². The number of methoxy groups -OCH3 is 1. The third kappa shape index (κ3) is 7.25. The quantitative estimate of drug-likeness (QED) is 0.614. The first-order valence-corrected chi connectivity index (χ1v) is 7.80. The van der Waals surface area contributed by atoms with Gasteiger partial charge in [-0.05, 0) is 51.7 Å². The van der Waals surface area contributed by atoms with Gasteiger partial charge in [0.15, 0.2) is 0 Å². The normalized spacial score (nSPS) is 19.7. The number of hydrogen-bond acceptors (Lipinski definition) is 4. The van der Waals surface area contributed by atoms with Gasteiger partial charge in [-0.2, -0.15) is 0 Å². The second-order valence-corrected chi connectivity index (χ2v) is 5.53. The molecular formula is C15H32N2O2. The molecule has 0 saturated carbocycles. The van der Waals surface area contributed by atoms with E-state index < -0.39 is 0 Å². The molecule has 1 N–H and O–H groups in total. The van der Waals surface area contributed by atoms with E-state index in [2.05, 4.69) is 24.1 Å². The van der Waals surface area contributed by atoms with Gasteiger partial charge in [0.1, 0.15) is 0 Å². The third-order valence-corrected chi connectivity index (χ3v) is 4.02. The van der Waals surface area contributed by atoms with Crippen LogP contribution in [0.3, 0.4) is 0 Å². The molecule has 1 rings (SSSR count). The van der Waals surface area contributed by atoms with Gasteiger partial charge in [-0.25, -0.2) is 0 Å². The topological polar surface area (TPSA) is 33.7 Å². The number of piperidine rings is 1. The maximum Gasteiger partial charge on any atom is 0.0700 e. The lowest BCUT2D eigenvalue weighted by Crippen LogP contribution is -2.43. The fourth-order valence-corrected chi connectivity index (χ4v) is 2.76. The van der Waals surface area contributed by atoms with Crippen LogP contribution in [0.1, 0.15) is 33.1 Å². The molecule has 4 heteroatoms. The summed E-state index contributed by atoms with van der Waals surface area (Å²) >= 11 is 0. The van der Waals surface area contributed by atoms with Crippen molar-refractivity contribution in [3.05, 3.63) is 0 Å². The Morgan fingerprint density at radius 2 is 1.95 bits per heavy atom. The summed E-state index contributed by atoms with van der Waals surface area (Å²) in [6.45, 7) is 11.5. The van der Waals surface area contributed by atoms with Crippen molar-refractivity contribution in [2.24, 2.45) is 5.92 Å². The number of nitrogens with zero attached hydrogens (tertiary/aromatic N) is 1. The van der Waals surface area contributed by atoms with E-state index in [1.807, 2.05) is 0 Å². The molecular weight excluding hydrogens is 240 g/mol. The first-order valence-electron chi connectivity index (χ1n) is 7.80. The molecule has 114 valence electrons. The van der Waals surface area contributed by atoms with Crippen molar-refractivity contribution in [3.63, 3.8) is 0 Å². The highest BCUT2D eigenvalue weighted by Crippen LogP contribution is 2.20. The Balaban J connectivity index is 2.02. The number of hydrogen-bond donors (Lipinski definition) is 1. The Hall–Kier alpha value is -0.160. The fourth-order valence-electron chi connectivity index (χ4n) is 2.76. The minimum Gasteiger partial charge on any atom is -0.382 e. The van der Waals surface area contributed by atoms with E-state index in [9.17, 15) is 0 Å². The summed E-state index contributed by atoms with van der Waals surface area (Å²) in [7, 11) is 1.70. The van der Waals surface area contributed by atoms with Crippen molar-refractivity contribution in [2.75, 3.05) is 53.1 Å². The molecule has 0 aliphatic carbocycles. The average Bonchev–Trinajstić information content (AvgIpc) is 2.43. The number of rotatable bonds is 10. The summed E-state index contributed by atoms with van der Waals surface area (Å²) in [5, 5.41) is 3.59. The van der Waals surface area contributed by atoms with Gasteiger partial charge in [0.2, 0.25) is 0 Å². The first kappa shape index (κ1) is 16.9. The van der Waals surface area contributed by atoms with Crippen LogP contribution in [0.4, 0.5) is 0 Å². The Bertz CT molecular complexity index is 206. The highest BCUT2D eigenvalue weighted by Gasteiger charge is 2.22. The maximum atomic E-state index is 5.47. The van der Waals surface area contributed by atoms with E-state index in [0.29, 0.717) is 19.3 Å². The minimum absolute atomic E-state index is 0.606. The zero-order chi connectivity index (χ0) is 13.9. The molecule has 1 saturated heterocycles. The Labute approximate surface area is 118 Å². The smallest absolute Gasteiger partial charge is 0.0700 e. The summed E-state index contributed by atoms with van der Waals surface area (Å²) < 4.78 is 10.4. The second-order valence-electron chi connectivity index (χ2n) is 5.53. The van der Waals surface area contributed by atoms with Gasteiger partial charge in [-0.15, -0.1) is 0 Å². The highest BCUT2D eigenvalue weighted by atomic mass is 16.5. The number of likely N-dealkylation sites (tertiary alicyclic amines) is 1. The second kappa shape index (κ2) is 10.6. The lowest BCUT2D eigenvalue weighted by molar-refractivity contribution is 0.0694. The summed E-state index contributed by atoms with van der Waals surface area (Å²) in [6.07, 6.45) is 3.94. The zero-order valence-electron chi connectivity index (χ0n) is 13.0. The van der Waals surface area contributed by atoms with Crippen LogP contribution in [0.15, 0.2) is 0 Å². The van der Waals surface area contributed by atoms with Crippen LogP contribution in [0.5, 0.6) is 0 Å². The van der Waals surface area contributed by atoms with E-state index >= 15 is 0 Å². The lowest BCUT2D eigenvalue weighted by Gasteiger charge is -2.35. The largest absolute Gasteiger partial charge is 0.382 e. The molecule has 0 aromatic heterocycles. The molecule has 19 heavy (non-hydrogen) atoms. The van der Waals surface area contributed by atoms with Gasteiger partial charge in [0, 0.05) is 19.7 Å². The van der Waals surface area contributed by atoms with E-state index in [-0.39, 0.29) is 0 Å². The van der Waals surface area contributed by atoms with Gasteiger partial charge < -0.3 is 19.7 Å². The van der Waals surface area contributed by atoms with Gasteiger partial charge in [-0.1, -0.05) is 6.92 Å². The fraction of sp³-hybridized carbons (Fsp3) is 1.00. The van der Waals surface area contributed by atoms with Crippen LogP contribution in [0.2, 0.25) is 0 Å². The molecule has 0 aromatic carbocycles. The predicted octanol–water partition coefficient (Wildman–Crippen LogP) is 1.75. The molecule has 1 aliphatic rings. The van der Waals surface area contributed by atoms with Gasteiger partial charge >= 0.3 is 0 Å². The Morgan fingerprint density at radius 3 is 2.58 bits per heavy atom.